The molecule has 1 saturated heterocycles. The molecule has 1 fully saturated rings. The van der Waals surface area contributed by atoms with Gasteiger partial charge in [-0.25, -0.2) is 4.99 Å². The molecule has 0 spiro atoms. The number of methoxy groups -OCH3 is 2. The van der Waals surface area contributed by atoms with Gasteiger partial charge in [-0.2, -0.15) is 0 Å². The number of guanidine groups is 1. The van der Waals surface area contributed by atoms with Crippen LogP contribution in [-0.2, 0) is 6.54 Å². The average Bonchev–Trinajstić information content (AvgIpc) is 2.67. The Bertz CT molecular complexity index is 610. The Labute approximate surface area is 164 Å². The van der Waals surface area contributed by atoms with Crippen molar-refractivity contribution in [1.82, 2.24) is 10.2 Å². The van der Waals surface area contributed by atoms with Crippen molar-refractivity contribution in [2.75, 3.05) is 33.9 Å². The summed E-state index contributed by atoms with van der Waals surface area (Å²) in [7, 11) is 3.26. The van der Waals surface area contributed by atoms with Gasteiger partial charge < -0.3 is 20.5 Å². The molecule has 1 unspecified atom stereocenters. The van der Waals surface area contributed by atoms with Crippen molar-refractivity contribution < 1.29 is 9.47 Å². The van der Waals surface area contributed by atoms with Crippen LogP contribution < -0.4 is 20.5 Å². The van der Waals surface area contributed by atoms with Crippen LogP contribution in [0.15, 0.2) is 23.2 Å². The highest BCUT2D eigenvalue weighted by molar-refractivity contribution is 5.77. The molecular formula is C21H36N4O2. The van der Waals surface area contributed by atoms with E-state index in [9.17, 15) is 0 Å². The van der Waals surface area contributed by atoms with E-state index >= 15 is 0 Å². The van der Waals surface area contributed by atoms with Gasteiger partial charge in [0.2, 0.25) is 0 Å². The Kier molecular flexibility index (Phi) is 8.23. The SMILES string of the molecule is COc1ccc(CN=C(N)NCC(C(C)C)N2CCC(C)CC2)cc1OC. The molecule has 2 rings (SSSR count). The number of hydrogen-bond donors (Lipinski definition) is 2. The van der Waals surface area contributed by atoms with Crippen LogP contribution in [0.2, 0.25) is 0 Å². The third-order valence-corrected chi connectivity index (χ3v) is 5.43. The highest BCUT2D eigenvalue weighted by Crippen LogP contribution is 2.27. The number of hydrogen-bond acceptors (Lipinski definition) is 4. The monoisotopic (exact) mass is 376 g/mol. The third kappa shape index (κ3) is 6.31. The summed E-state index contributed by atoms with van der Waals surface area (Å²) in [5, 5.41) is 3.32. The number of likely N-dealkylation sites (tertiary alicyclic amines) is 1. The fraction of sp³-hybridized carbons (Fsp3) is 0.667. The first kappa shape index (κ1) is 21.4. The fourth-order valence-corrected chi connectivity index (χ4v) is 3.57. The predicted octanol–water partition coefficient (Wildman–Crippen LogP) is 2.86. The summed E-state index contributed by atoms with van der Waals surface area (Å²) < 4.78 is 10.6. The third-order valence-electron chi connectivity index (χ3n) is 5.43. The molecule has 0 saturated carbocycles. The molecule has 0 amide bonds. The van der Waals surface area contributed by atoms with Gasteiger partial charge in [0.05, 0.1) is 20.8 Å². The van der Waals surface area contributed by atoms with Crippen LogP contribution in [0.3, 0.4) is 0 Å². The molecule has 1 aromatic rings. The molecule has 27 heavy (non-hydrogen) atoms. The first-order valence-corrected chi connectivity index (χ1v) is 9.93. The maximum Gasteiger partial charge on any atom is 0.188 e. The van der Waals surface area contributed by atoms with E-state index in [1.165, 1.54) is 25.9 Å². The molecule has 1 aliphatic heterocycles. The lowest BCUT2D eigenvalue weighted by atomic mass is 9.94. The first-order valence-electron chi connectivity index (χ1n) is 9.93. The Morgan fingerprint density at radius 1 is 1.22 bits per heavy atom. The number of piperidine rings is 1. The van der Waals surface area contributed by atoms with Crippen LogP contribution in [0.25, 0.3) is 0 Å². The lowest BCUT2D eigenvalue weighted by Gasteiger charge is -2.39. The second-order valence-electron chi connectivity index (χ2n) is 7.80. The van der Waals surface area contributed by atoms with Gasteiger partial charge in [0.1, 0.15) is 0 Å². The molecule has 6 heteroatoms. The lowest BCUT2D eigenvalue weighted by molar-refractivity contribution is 0.110. The summed E-state index contributed by atoms with van der Waals surface area (Å²) in [6, 6.07) is 6.28. The minimum atomic E-state index is 0.479. The van der Waals surface area contributed by atoms with Gasteiger partial charge in [-0.15, -0.1) is 0 Å². The normalized spacial score (nSPS) is 17.8. The van der Waals surface area contributed by atoms with E-state index in [0.29, 0.717) is 36.0 Å². The minimum Gasteiger partial charge on any atom is -0.493 e. The van der Waals surface area contributed by atoms with Crippen LogP contribution in [0.1, 0.15) is 39.2 Å². The van der Waals surface area contributed by atoms with Crippen LogP contribution in [0.4, 0.5) is 0 Å². The van der Waals surface area contributed by atoms with Crippen LogP contribution in [0.5, 0.6) is 11.5 Å². The van der Waals surface area contributed by atoms with Gasteiger partial charge in [0, 0.05) is 12.6 Å². The molecular weight excluding hydrogens is 340 g/mol. The summed E-state index contributed by atoms with van der Waals surface area (Å²) in [5.74, 6) is 3.32. The number of ether oxygens (including phenoxy) is 2. The maximum absolute atomic E-state index is 6.11. The minimum absolute atomic E-state index is 0.479. The number of benzene rings is 1. The zero-order chi connectivity index (χ0) is 19.8. The zero-order valence-electron chi connectivity index (χ0n) is 17.5. The maximum atomic E-state index is 6.11. The number of nitrogens with two attached hydrogens (primary N) is 1. The smallest absolute Gasteiger partial charge is 0.188 e. The second kappa shape index (κ2) is 10.4. The van der Waals surface area contributed by atoms with Gasteiger partial charge in [0.15, 0.2) is 17.5 Å². The molecule has 1 heterocycles. The van der Waals surface area contributed by atoms with E-state index in [-0.39, 0.29) is 0 Å². The van der Waals surface area contributed by atoms with Crippen molar-refractivity contribution >= 4 is 5.96 Å². The molecule has 0 aromatic heterocycles. The Morgan fingerprint density at radius 3 is 2.48 bits per heavy atom. The van der Waals surface area contributed by atoms with Crippen molar-refractivity contribution in [1.29, 1.82) is 0 Å². The fourth-order valence-electron chi connectivity index (χ4n) is 3.57. The average molecular weight is 377 g/mol. The van der Waals surface area contributed by atoms with Crippen molar-refractivity contribution in [3.05, 3.63) is 23.8 Å². The quantitative estimate of drug-likeness (QED) is 0.539. The second-order valence-corrected chi connectivity index (χ2v) is 7.80. The van der Waals surface area contributed by atoms with E-state index in [0.717, 1.165) is 18.0 Å². The highest BCUT2D eigenvalue weighted by Gasteiger charge is 2.25. The summed E-state index contributed by atoms with van der Waals surface area (Å²) in [6.45, 7) is 10.6. The van der Waals surface area contributed by atoms with E-state index in [2.05, 4.69) is 36.0 Å². The Morgan fingerprint density at radius 2 is 1.89 bits per heavy atom. The molecule has 0 radical (unpaired) electrons. The molecule has 152 valence electrons. The van der Waals surface area contributed by atoms with Crippen molar-refractivity contribution in [3.63, 3.8) is 0 Å². The largest absolute Gasteiger partial charge is 0.493 e. The highest BCUT2D eigenvalue weighted by atomic mass is 16.5. The Hall–Kier alpha value is -1.95. The molecule has 1 atom stereocenters. The number of nitrogens with one attached hydrogen (secondary N) is 1. The standard InChI is InChI=1S/C21H36N4O2/c1-15(2)18(25-10-8-16(3)9-11-25)14-24-21(22)23-13-17-6-7-19(26-4)20(12-17)27-5/h6-7,12,15-16,18H,8-11,13-14H2,1-5H3,(H3,22,23,24). The molecule has 6 nitrogen and oxygen atoms in total. The van der Waals surface area contributed by atoms with E-state index in [1.54, 1.807) is 14.2 Å². The van der Waals surface area contributed by atoms with Crippen LogP contribution in [0, 0.1) is 11.8 Å². The summed E-state index contributed by atoms with van der Waals surface area (Å²) in [6.07, 6.45) is 2.57. The number of aliphatic imine (C=N–C) groups is 1. The number of rotatable bonds is 8. The summed E-state index contributed by atoms with van der Waals surface area (Å²) >= 11 is 0. The van der Waals surface area contributed by atoms with Gasteiger partial charge in [-0.1, -0.05) is 26.8 Å². The van der Waals surface area contributed by atoms with Crippen LogP contribution in [-0.4, -0.2) is 50.8 Å². The molecule has 0 bridgehead atoms. The Balaban J connectivity index is 1.90. The van der Waals surface area contributed by atoms with E-state index in [4.69, 9.17) is 15.2 Å². The van der Waals surface area contributed by atoms with Gasteiger partial charge >= 0.3 is 0 Å². The van der Waals surface area contributed by atoms with E-state index in [1.807, 2.05) is 18.2 Å². The van der Waals surface area contributed by atoms with E-state index < -0.39 is 0 Å². The van der Waals surface area contributed by atoms with Crippen molar-refractivity contribution in [2.45, 2.75) is 46.2 Å². The lowest BCUT2D eigenvalue weighted by Crippen LogP contribution is -2.50. The first-order chi connectivity index (χ1) is 12.9. The molecule has 3 N–H and O–H groups in total. The van der Waals surface area contributed by atoms with Gasteiger partial charge in [0.25, 0.3) is 0 Å². The van der Waals surface area contributed by atoms with Crippen LogP contribution >= 0.6 is 0 Å². The van der Waals surface area contributed by atoms with Gasteiger partial charge in [-0.05, 0) is 55.5 Å². The van der Waals surface area contributed by atoms with Gasteiger partial charge in [-0.3, -0.25) is 4.90 Å². The molecule has 0 aliphatic carbocycles. The zero-order valence-corrected chi connectivity index (χ0v) is 17.5. The molecule has 1 aromatic carbocycles. The predicted molar refractivity (Wildman–Crippen MR) is 111 cm³/mol. The van der Waals surface area contributed by atoms with Crippen molar-refractivity contribution in [3.8, 4) is 11.5 Å². The summed E-state index contributed by atoms with van der Waals surface area (Å²) in [5.41, 5.74) is 7.14. The number of nitrogens with zero attached hydrogens (tertiary/aromatic N) is 2. The van der Waals surface area contributed by atoms with Crippen molar-refractivity contribution in [2.24, 2.45) is 22.6 Å². The topological polar surface area (TPSA) is 72.1 Å². The summed E-state index contributed by atoms with van der Waals surface area (Å²) in [4.78, 5) is 7.08. The molecule has 1 aliphatic rings.